The molecule has 1 amide bonds. The second-order valence-corrected chi connectivity index (χ2v) is 5.74. The van der Waals surface area contributed by atoms with Crippen LogP contribution in [0.4, 0.5) is 5.69 Å². The van der Waals surface area contributed by atoms with E-state index in [0.29, 0.717) is 23.8 Å². The van der Waals surface area contributed by atoms with Crippen LogP contribution < -0.4 is 14.8 Å². The Morgan fingerprint density at radius 2 is 1.81 bits per heavy atom. The van der Waals surface area contributed by atoms with Gasteiger partial charge < -0.3 is 19.5 Å². The number of nitrogens with one attached hydrogen (secondary N) is 1. The summed E-state index contributed by atoms with van der Waals surface area (Å²) in [6, 6.07) is 10.5. The zero-order valence-electron chi connectivity index (χ0n) is 15.4. The van der Waals surface area contributed by atoms with Crippen LogP contribution in [0.2, 0.25) is 0 Å². The number of ether oxygens (including phenoxy) is 3. The lowest BCUT2D eigenvalue weighted by Gasteiger charge is -2.11. The molecule has 0 saturated heterocycles. The highest BCUT2D eigenvalue weighted by Crippen LogP contribution is 2.28. The maximum atomic E-state index is 12.2. The minimum atomic E-state index is -0.609. The fraction of sp³-hybridized carbons (Fsp3) is 0.300. The molecule has 0 radical (unpaired) electrons. The first kappa shape index (κ1) is 19.3. The average molecular weight is 357 g/mol. The summed E-state index contributed by atoms with van der Waals surface area (Å²) in [6.45, 7) is 5.80. The number of benzene rings is 2. The van der Waals surface area contributed by atoms with E-state index in [0.717, 1.165) is 11.1 Å². The molecule has 0 atom stereocenters. The number of carbonyl (C=O) groups is 2. The fourth-order valence-corrected chi connectivity index (χ4v) is 2.34. The summed E-state index contributed by atoms with van der Waals surface area (Å²) < 4.78 is 15.7. The molecule has 6 heteroatoms. The minimum absolute atomic E-state index is 0.282. The van der Waals surface area contributed by atoms with Gasteiger partial charge in [0.15, 0.2) is 18.1 Å². The fourth-order valence-electron chi connectivity index (χ4n) is 2.34. The first-order valence-corrected chi connectivity index (χ1v) is 8.29. The lowest BCUT2D eigenvalue weighted by molar-refractivity contribution is -0.119. The van der Waals surface area contributed by atoms with Crippen molar-refractivity contribution in [1.29, 1.82) is 0 Å². The van der Waals surface area contributed by atoms with Crippen molar-refractivity contribution >= 4 is 17.6 Å². The van der Waals surface area contributed by atoms with E-state index in [1.54, 1.807) is 12.1 Å². The van der Waals surface area contributed by atoms with E-state index in [-0.39, 0.29) is 12.2 Å². The Morgan fingerprint density at radius 1 is 1.04 bits per heavy atom. The molecule has 0 saturated carbocycles. The Bertz CT molecular complexity index is 801. The van der Waals surface area contributed by atoms with Crippen molar-refractivity contribution in [2.75, 3.05) is 25.6 Å². The van der Waals surface area contributed by atoms with E-state index in [2.05, 4.69) is 5.32 Å². The zero-order valence-corrected chi connectivity index (χ0v) is 15.4. The smallest absolute Gasteiger partial charge is 0.338 e. The van der Waals surface area contributed by atoms with E-state index >= 15 is 0 Å². The second-order valence-electron chi connectivity index (χ2n) is 5.74. The van der Waals surface area contributed by atoms with Crippen LogP contribution in [0.3, 0.4) is 0 Å². The predicted molar refractivity (Wildman–Crippen MR) is 99.0 cm³/mol. The van der Waals surface area contributed by atoms with Crippen LogP contribution in [-0.2, 0) is 9.53 Å². The molecule has 0 aliphatic rings. The van der Waals surface area contributed by atoms with E-state index in [1.165, 1.54) is 13.2 Å². The molecule has 0 aliphatic heterocycles. The summed E-state index contributed by atoms with van der Waals surface area (Å²) in [6.07, 6.45) is 0. The van der Waals surface area contributed by atoms with Gasteiger partial charge >= 0.3 is 5.97 Å². The van der Waals surface area contributed by atoms with Crippen LogP contribution in [-0.4, -0.2) is 32.2 Å². The first-order valence-electron chi connectivity index (χ1n) is 8.29. The number of carbonyl (C=O) groups excluding carboxylic acids is 2. The quantitative estimate of drug-likeness (QED) is 0.768. The van der Waals surface area contributed by atoms with E-state index < -0.39 is 11.9 Å². The van der Waals surface area contributed by atoms with Gasteiger partial charge in [0.2, 0.25) is 0 Å². The molecular weight excluding hydrogens is 334 g/mol. The van der Waals surface area contributed by atoms with Gasteiger partial charge in [-0.1, -0.05) is 12.1 Å². The van der Waals surface area contributed by atoms with Crippen LogP contribution >= 0.6 is 0 Å². The largest absolute Gasteiger partial charge is 0.493 e. The topological polar surface area (TPSA) is 73.9 Å². The number of rotatable bonds is 7. The molecule has 0 aromatic heterocycles. The average Bonchev–Trinajstić information content (AvgIpc) is 2.63. The third-order valence-corrected chi connectivity index (χ3v) is 3.70. The van der Waals surface area contributed by atoms with Gasteiger partial charge in [-0.05, 0) is 56.2 Å². The molecule has 2 aromatic carbocycles. The highest BCUT2D eigenvalue weighted by Gasteiger charge is 2.14. The van der Waals surface area contributed by atoms with Crippen molar-refractivity contribution in [3.8, 4) is 11.5 Å². The molecule has 0 spiro atoms. The highest BCUT2D eigenvalue weighted by atomic mass is 16.5. The molecule has 6 nitrogen and oxygen atoms in total. The predicted octanol–water partition coefficient (Wildman–Crippen LogP) is 3.51. The first-order chi connectivity index (χ1) is 12.4. The van der Waals surface area contributed by atoms with Gasteiger partial charge in [-0.15, -0.1) is 0 Å². The minimum Gasteiger partial charge on any atom is -0.493 e. The Labute approximate surface area is 153 Å². The lowest BCUT2D eigenvalue weighted by atomic mass is 10.1. The number of methoxy groups -OCH3 is 1. The molecule has 26 heavy (non-hydrogen) atoms. The van der Waals surface area contributed by atoms with E-state index in [9.17, 15) is 9.59 Å². The summed E-state index contributed by atoms with van der Waals surface area (Å²) in [5.74, 6) is -0.0345. The van der Waals surface area contributed by atoms with Gasteiger partial charge in [-0.2, -0.15) is 0 Å². The summed E-state index contributed by atoms with van der Waals surface area (Å²) in [5.41, 5.74) is 2.95. The van der Waals surface area contributed by atoms with Crippen molar-refractivity contribution in [3.63, 3.8) is 0 Å². The monoisotopic (exact) mass is 357 g/mol. The standard InChI is InChI=1S/C20H23NO5/c1-5-25-17-9-8-15(11-18(17)24-4)20(23)26-12-19(22)21-16-10-13(2)6-7-14(16)3/h6-11H,5,12H2,1-4H3,(H,21,22). The lowest BCUT2D eigenvalue weighted by Crippen LogP contribution is -2.21. The SMILES string of the molecule is CCOc1ccc(C(=O)OCC(=O)Nc2cc(C)ccc2C)cc1OC. The van der Waals surface area contributed by atoms with Crippen LogP contribution in [0, 0.1) is 13.8 Å². The van der Waals surface area contributed by atoms with Crippen molar-refractivity contribution in [2.24, 2.45) is 0 Å². The Balaban J connectivity index is 1.97. The van der Waals surface area contributed by atoms with Gasteiger partial charge in [-0.3, -0.25) is 4.79 Å². The Hall–Kier alpha value is -3.02. The van der Waals surface area contributed by atoms with Crippen molar-refractivity contribution < 1.29 is 23.8 Å². The highest BCUT2D eigenvalue weighted by molar-refractivity contribution is 5.96. The molecule has 0 bridgehead atoms. The van der Waals surface area contributed by atoms with E-state index in [1.807, 2.05) is 39.0 Å². The number of esters is 1. The van der Waals surface area contributed by atoms with Crippen molar-refractivity contribution in [2.45, 2.75) is 20.8 Å². The molecule has 0 fully saturated rings. The molecule has 138 valence electrons. The zero-order chi connectivity index (χ0) is 19.1. The van der Waals surface area contributed by atoms with Crippen LogP contribution in [0.1, 0.15) is 28.4 Å². The van der Waals surface area contributed by atoms with Crippen LogP contribution in [0.15, 0.2) is 36.4 Å². The summed E-state index contributed by atoms with van der Waals surface area (Å²) in [5, 5.41) is 2.75. The number of anilines is 1. The third-order valence-electron chi connectivity index (χ3n) is 3.70. The third kappa shape index (κ3) is 4.99. The Morgan fingerprint density at radius 3 is 2.50 bits per heavy atom. The summed E-state index contributed by atoms with van der Waals surface area (Å²) >= 11 is 0. The molecule has 0 unspecified atom stereocenters. The molecule has 2 aromatic rings. The summed E-state index contributed by atoms with van der Waals surface area (Å²) in [4.78, 5) is 24.2. The number of aryl methyl sites for hydroxylation is 2. The molecule has 0 heterocycles. The second kappa shape index (κ2) is 8.89. The Kier molecular flexibility index (Phi) is 6.60. The van der Waals surface area contributed by atoms with Crippen LogP contribution in [0.5, 0.6) is 11.5 Å². The maximum Gasteiger partial charge on any atom is 0.338 e. The number of hydrogen-bond donors (Lipinski definition) is 1. The molecule has 0 aliphatic carbocycles. The molecular formula is C20H23NO5. The van der Waals surface area contributed by atoms with Crippen molar-refractivity contribution in [3.05, 3.63) is 53.1 Å². The van der Waals surface area contributed by atoms with E-state index in [4.69, 9.17) is 14.2 Å². The van der Waals surface area contributed by atoms with Gasteiger partial charge in [0, 0.05) is 5.69 Å². The van der Waals surface area contributed by atoms with Gasteiger partial charge in [-0.25, -0.2) is 4.79 Å². The normalized spacial score (nSPS) is 10.2. The number of hydrogen-bond acceptors (Lipinski definition) is 5. The molecule has 1 N–H and O–H groups in total. The molecule has 2 rings (SSSR count). The van der Waals surface area contributed by atoms with Crippen LogP contribution in [0.25, 0.3) is 0 Å². The number of amides is 1. The summed E-state index contributed by atoms with van der Waals surface area (Å²) in [7, 11) is 1.49. The van der Waals surface area contributed by atoms with Gasteiger partial charge in [0.1, 0.15) is 0 Å². The van der Waals surface area contributed by atoms with Gasteiger partial charge in [0.05, 0.1) is 19.3 Å². The van der Waals surface area contributed by atoms with Gasteiger partial charge in [0.25, 0.3) is 5.91 Å². The maximum absolute atomic E-state index is 12.2. The van der Waals surface area contributed by atoms with Crippen molar-refractivity contribution in [1.82, 2.24) is 0 Å².